The number of esters is 1. The number of methoxy groups -OCH3 is 1. The van der Waals surface area contributed by atoms with Crippen molar-refractivity contribution in [1.82, 2.24) is 10.3 Å². The van der Waals surface area contributed by atoms with E-state index in [1.165, 1.54) is 39.2 Å². The first-order chi connectivity index (χ1) is 12.1. The van der Waals surface area contributed by atoms with E-state index in [4.69, 9.17) is 4.74 Å². The highest BCUT2D eigenvalue weighted by Gasteiger charge is 2.30. The van der Waals surface area contributed by atoms with Crippen LogP contribution < -0.4 is 10.2 Å². The summed E-state index contributed by atoms with van der Waals surface area (Å²) in [6, 6.07) is 3.39. The minimum atomic E-state index is -0.335. The smallest absolute Gasteiger partial charge is 0.341 e. The molecule has 1 saturated heterocycles. The molecule has 2 fully saturated rings. The lowest BCUT2D eigenvalue weighted by Crippen LogP contribution is -2.50. The molecule has 1 saturated carbocycles. The van der Waals surface area contributed by atoms with Crippen molar-refractivity contribution in [3.05, 3.63) is 22.3 Å². The standard InChI is InChI=1S/C19H28BrN3O2/c1-13-10-16(22-15-6-4-3-5-7-15)8-9-23(13)18-17(19(24)25-2)11-14(20)12-21-18/h11-13,15-16,22H,3-10H2,1-2H3. The summed E-state index contributed by atoms with van der Waals surface area (Å²) < 4.78 is 5.73. The second kappa shape index (κ2) is 8.49. The van der Waals surface area contributed by atoms with Gasteiger partial charge in [0.05, 0.1) is 7.11 Å². The molecule has 0 radical (unpaired) electrons. The van der Waals surface area contributed by atoms with Gasteiger partial charge in [-0.15, -0.1) is 0 Å². The highest BCUT2D eigenvalue weighted by Crippen LogP contribution is 2.29. The maximum atomic E-state index is 12.1. The number of hydrogen-bond acceptors (Lipinski definition) is 5. The number of anilines is 1. The van der Waals surface area contributed by atoms with Gasteiger partial charge < -0.3 is 15.0 Å². The van der Waals surface area contributed by atoms with E-state index in [0.29, 0.717) is 23.7 Å². The van der Waals surface area contributed by atoms with Crippen molar-refractivity contribution >= 4 is 27.7 Å². The van der Waals surface area contributed by atoms with Gasteiger partial charge in [0, 0.05) is 35.3 Å². The fraction of sp³-hybridized carbons (Fsp3) is 0.684. The van der Waals surface area contributed by atoms with Gasteiger partial charge >= 0.3 is 5.97 Å². The fourth-order valence-electron chi connectivity index (χ4n) is 4.16. The van der Waals surface area contributed by atoms with Crippen LogP contribution in [0.15, 0.2) is 16.7 Å². The Kier molecular flexibility index (Phi) is 6.34. The summed E-state index contributed by atoms with van der Waals surface area (Å²) in [4.78, 5) is 18.9. The van der Waals surface area contributed by atoms with Gasteiger partial charge in [-0.3, -0.25) is 0 Å². The Morgan fingerprint density at radius 3 is 2.72 bits per heavy atom. The van der Waals surface area contributed by atoms with Crippen LogP contribution in [0.5, 0.6) is 0 Å². The number of rotatable bonds is 4. The van der Waals surface area contributed by atoms with E-state index in [1.54, 1.807) is 12.3 Å². The summed E-state index contributed by atoms with van der Waals surface area (Å²) in [5.41, 5.74) is 0.530. The molecule has 0 amide bonds. The number of nitrogens with one attached hydrogen (secondary N) is 1. The first kappa shape index (κ1) is 18.6. The van der Waals surface area contributed by atoms with Crippen molar-refractivity contribution in [3.8, 4) is 0 Å². The van der Waals surface area contributed by atoms with Crippen LogP contribution in [0.2, 0.25) is 0 Å². The van der Waals surface area contributed by atoms with Crippen LogP contribution in [0.1, 0.15) is 62.2 Å². The quantitative estimate of drug-likeness (QED) is 0.763. The Labute approximate surface area is 158 Å². The highest BCUT2D eigenvalue weighted by molar-refractivity contribution is 9.10. The van der Waals surface area contributed by atoms with Crippen LogP contribution in [0.4, 0.5) is 5.82 Å². The number of ether oxygens (including phenoxy) is 1. The zero-order valence-corrected chi connectivity index (χ0v) is 16.7. The molecule has 3 rings (SSSR count). The molecular weight excluding hydrogens is 382 g/mol. The van der Waals surface area contributed by atoms with Crippen LogP contribution in [0.3, 0.4) is 0 Å². The van der Waals surface area contributed by atoms with Crippen molar-refractivity contribution in [2.45, 2.75) is 70.0 Å². The lowest BCUT2D eigenvalue weighted by atomic mass is 9.92. The van der Waals surface area contributed by atoms with Gasteiger partial charge in [-0.1, -0.05) is 19.3 Å². The summed E-state index contributed by atoms with van der Waals surface area (Å²) >= 11 is 3.40. The third-order valence-corrected chi connectivity index (χ3v) is 5.90. The molecule has 2 unspecified atom stereocenters. The van der Waals surface area contributed by atoms with Crippen molar-refractivity contribution in [2.24, 2.45) is 0 Å². The van der Waals surface area contributed by atoms with Crippen molar-refractivity contribution < 1.29 is 9.53 Å². The number of carbonyl (C=O) groups excluding carboxylic acids is 1. The molecule has 2 heterocycles. The molecule has 0 bridgehead atoms. The third-order valence-electron chi connectivity index (χ3n) is 5.46. The van der Waals surface area contributed by atoms with E-state index in [1.807, 2.05) is 0 Å². The molecule has 1 aliphatic heterocycles. The van der Waals surface area contributed by atoms with Gasteiger partial charge in [0.1, 0.15) is 11.4 Å². The first-order valence-electron chi connectivity index (χ1n) is 9.35. The summed E-state index contributed by atoms with van der Waals surface area (Å²) in [6.45, 7) is 3.13. The van der Waals surface area contributed by atoms with Crippen LogP contribution >= 0.6 is 15.9 Å². The second-order valence-electron chi connectivity index (χ2n) is 7.28. The molecule has 1 N–H and O–H groups in total. The first-order valence-corrected chi connectivity index (χ1v) is 10.1. The van der Waals surface area contributed by atoms with E-state index in [2.05, 4.69) is 38.1 Å². The van der Waals surface area contributed by atoms with E-state index >= 15 is 0 Å². The fourth-order valence-corrected chi connectivity index (χ4v) is 4.49. The molecular formula is C19H28BrN3O2. The van der Waals surface area contributed by atoms with Gasteiger partial charge in [-0.05, 0) is 54.6 Å². The largest absolute Gasteiger partial charge is 0.465 e. The summed E-state index contributed by atoms with van der Waals surface area (Å²) in [5, 5.41) is 3.87. The number of piperidine rings is 1. The Hall–Kier alpha value is -1.14. The Morgan fingerprint density at radius 1 is 1.28 bits per heavy atom. The topological polar surface area (TPSA) is 54.5 Å². The third kappa shape index (κ3) is 4.53. The summed E-state index contributed by atoms with van der Waals surface area (Å²) in [6.07, 6.45) is 10.6. The second-order valence-corrected chi connectivity index (χ2v) is 8.20. The Morgan fingerprint density at radius 2 is 2.04 bits per heavy atom. The molecule has 0 aromatic carbocycles. The summed E-state index contributed by atoms with van der Waals surface area (Å²) in [5.74, 6) is 0.400. The summed E-state index contributed by atoms with van der Waals surface area (Å²) in [7, 11) is 1.41. The maximum absolute atomic E-state index is 12.1. The average Bonchev–Trinajstić information content (AvgIpc) is 2.62. The predicted octanol–water partition coefficient (Wildman–Crippen LogP) is 3.91. The molecule has 1 aliphatic carbocycles. The van der Waals surface area contributed by atoms with Crippen molar-refractivity contribution in [2.75, 3.05) is 18.6 Å². The van der Waals surface area contributed by atoms with Crippen molar-refractivity contribution in [3.63, 3.8) is 0 Å². The zero-order chi connectivity index (χ0) is 17.8. The molecule has 2 aliphatic rings. The van der Waals surface area contributed by atoms with E-state index < -0.39 is 0 Å². The van der Waals surface area contributed by atoms with Gasteiger partial charge in [0.25, 0.3) is 0 Å². The van der Waals surface area contributed by atoms with Crippen LogP contribution in [0.25, 0.3) is 0 Å². The molecule has 138 valence electrons. The number of halogens is 1. The van der Waals surface area contributed by atoms with Gasteiger partial charge in [0.2, 0.25) is 0 Å². The molecule has 25 heavy (non-hydrogen) atoms. The van der Waals surface area contributed by atoms with Gasteiger partial charge in [-0.25, -0.2) is 9.78 Å². The lowest BCUT2D eigenvalue weighted by molar-refractivity contribution is 0.0600. The molecule has 1 aromatic rings. The monoisotopic (exact) mass is 409 g/mol. The number of hydrogen-bond donors (Lipinski definition) is 1. The number of pyridine rings is 1. The van der Waals surface area contributed by atoms with Gasteiger partial charge in [-0.2, -0.15) is 0 Å². The predicted molar refractivity (Wildman–Crippen MR) is 103 cm³/mol. The lowest BCUT2D eigenvalue weighted by Gasteiger charge is -2.41. The normalized spacial score (nSPS) is 25.0. The number of carbonyl (C=O) groups is 1. The van der Waals surface area contributed by atoms with E-state index in [-0.39, 0.29) is 5.97 Å². The van der Waals surface area contributed by atoms with Crippen LogP contribution in [-0.2, 0) is 4.74 Å². The van der Waals surface area contributed by atoms with E-state index in [9.17, 15) is 4.79 Å². The molecule has 2 atom stereocenters. The molecule has 6 heteroatoms. The van der Waals surface area contributed by atoms with Gasteiger partial charge in [0.15, 0.2) is 0 Å². The average molecular weight is 410 g/mol. The van der Waals surface area contributed by atoms with E-state index in [0.717, 1.165) is 29.7 Å². The van der Waals surface area contributed by atoms with Crippen LogP contribution in [-0.4, -0.2) is 42.7 Å². The number of aromatic nitrogens is 1. The SMILES string of the molecule is COC(=O)c1cc(Br)cnc1N1CCC(NC2CCCCC2)CC1C. The highest BCUT2D eigenvalue weighted by atomic mass is 79.9. The minimum Gasteiger partial charge on any atom is -0.465 e. The van der Waals surface area contributed by atoms with Crippen LogP contribution in [0, 0.1) is 0 Å². The Balaban J connectivity index is 1.68. The number of nitrogens with zero attached hydrogens (tertiary/aromatic N) is 2. The molecule has 0 spiro atoms. The van der Waals surface area contributed by atoms with Crippen molar-refractivity contribution in [1.29, 1.82) is 0 Å². The maximum Gasteiger partial charge on any atom is 0.341 e. The molecule has 1 aromatic heterocycles. The Bertz CT molecular complexity index is 604. The zero-order valence-electron chi connectivity index (χ0n) is 15.1. The minimum absolute atomic E-state index is 0.335. The molecule has 5 nitrogen and oxygen atoms in total.